The van der Waals surface area contributed by atoms with Crippen molar-refractivity contribution in [1.29, 1.82) is 0 Å². The molecule has 1 atom stereocenters. The Labute approximate surface area is 138 Å². The number of para-hydroxylation sites is 1. The maximum absolute atomic E-state index is 13.9. The molecule has 126 valence electrons. The van der Waals surface area contributed by atoms with Crippen LogP contribution in [-0.2, 0) is 11.3 Å². The highest BCUT2D eigenvalue weighted by Gasteiger charge is 2.33. The molecule has 0 aliphatic carbocycles. The summed E-state index contributed by atoms with van der Waals surface area (Å²) in [5.74, 6) is -1.96. The summed E-state index contributed by atoms with van der Waals surface area (Å²) in [6.07, 6.45) is 0. The molecule has 1 fully saturated rings. The van der Waals surface area contributed by atoms with E-state index >= 15 is 0 Å². The Bertz CT molecular complexity index is 766. The van der Waals surface area contributed by atoms with Gasteiger partial charge in [-0.15, -0.1) is 0 Å². The number of anilines is 1. The number of nitrogens with zero attached hydrogens (tertiary/aromatic N) is 2. The minimum Gasteiger partial charge on any atom is -0.307 e. The van der Waals surface area contributed by atoms with Crippen LogP contribution in [0.3, 0.4) is 0 Å². The average molecular weight is 334 g/mol. The van der Waals surface area contributed by atoms with Crippen LogP contribution in [0.15, 0.2) is 42.5 Å². The molecule has 1 aliphatic heterocycles. The lowest BCUT2D eigenvalue weighted by Crippen LogP contribution is -2.55. The predicted octanol–water partition coefficient (Wildman–Crippen LogP) is 3.34. The number of carbonyl (C=O) groups is 1. The number of piperazine rings is 1. The van der Waals surface area contributed by atoms with Crippen molar-refractivity contribution < 1.29 is 18.0 Å². The molecule has 1 amide bonds. The molecule has 0 radical (unpaired) electrons. The van der Waals surface area contributed by atoms with Gasteiger partial charge in [-0.05, 0) is 25.1 Å². The number of carbonyl (C=O) groups excluding carboxylic acids is 1. The SMILES string of the molecule is CC1C(=O)N(c2ccccc2F)CCN1Cc1ccc(F)cc1F. The number of hydrogen-bond donors (Lipinski definition) is 0. The lowest BCUT2D eigenvalue weighted by atomic mass is 10.1. The number of halogens is 3. The lowest BCUT2D eigenvalue weighted by Gasteiger charge is -2.39. The molecule has 1 saturated heterocycles. The van der Waals surface area contributed by atoms with Crippen molar-refractivity contribution >= 4 is 11.6 Å². The Morgan fingerprint density at radius 1 is 1.04 bits per heavy atom. The van der Waals surface area contributed by atoms with Crippen molar-refractivity contribution in [2.75, 3.05) is 18.0 Å². The summed E-state index contributed by atoms with van der Waals surface area (Å²) in [4.78, 5) is 15.8. The second kappa shape index (κ2) is 6.65. The van der Waals surface area contributed by atoms with E-state index in [1.165, 1.54) is 23.1 Å². The van der Waals surface area contributed by atoms with Crippen molar-refractivity contribution in [3.8, 4) is 0 Å². The van der Waals surface area contributed by atoms with Crippen LogP contribution in [0, 0.1) is 17.5 Å². The van der Waals surface area contributed by atoms with Crippen molar-refractivity contribution in [2.24, 2.45) is 0 Å². The third-order valence-corrected chi connectivity index (χ3v) is 4.31. The minimum atomic E-state index is -0.634. The van der Waals surface area contributed by atoms with Gasteiger partial charge < -0.3 is 4.90 Å². The highest BCUT2D eigenvalue weighted by molar-refractivity contribution is 5.97. The van der Waals surface area contributed by atoms with Gasteiger partial charge in [-0.3, -0.25) is 9.69 Å². The first kappa shape index (κ1) is 16.5. The van der Waals surface area contributed by atoms with Crippen LogP contribution in [0.2, 0.25) is 0 Å². The molecule has 6 heteroatoms. The van der Waals surface area contributed by atoms with E-state index in [0.29, 0.717) is 18.7 Å². The van der Waals surface area contributed by atoms with E-state index in [-0.39, 0.29) is 18.1 Å². The van der Waals surface area contributed by atoms with E-state index in [1.807, 2.05) is 0 Å². The van der Waals surface area contributed by atoms with Gasteiger partial charge in [0.15, 0.2) is 0 Å². The molecule has 1 heterocycles. The third kappa shape index (κ3) is 3.14. The Morgan fingerprint density at radius 3 is 2.50 bits per heavy atom. The van der Waals surface area contributed by atoms with Crippen LogP contribution in [0.5, 0.6) is 0 Å². The van der Waals surface area contributed by atoms with Gasteiger partial charge in [0.1, 0.15) is 17.5 Å². The van der Waals surface area contributed by atoms with Crippen LogP contribution >= 0.6 is 0 Å². The number of rotatable bonds is 3. The first-order valence-corrected chi connectivity index (χ1v) is 7.71. The molecule has 0 saturated carbocycles. The fourth-order valence-electron chi connectivity index (χ4n) is 2.91. The molecule has 24 heavy (non-hydrogen) atoms. The second-order valence-electron chi connectivity index (χ2n) is 5.82. The molecule has 0 spiro atoms. The highest BCUT2D eigenvalue weighted by atomic mass is 19.1. The zero-order valence-electron chi connectivity index (χ0n) is 13.2. The zero-order chi connectivity index (χ0) is 17.3. The zero-order valence-corrected chi connectivity index (χ0v) is 13.2. The molecule has 0 bridgehead atoms. The van der Waals surface area contributed by atoms with Crippen LogP contribution in [0.1, 0.15) is 12.5 Å². The predicted molar refractivity (Wildman–Crippen MR) is 85.0 cm³/mol. The maximum Gasteiger partial charge on any atom is 0.244 e. The van der Waals surface area contributed by atoms with Crippen molar-refractivity contribution in [2.45, 2.75) is 19.5 Å². The van der Waals surface area contributed by atoms with E-state index in [2.05, 4.69) is 0 Å². The minimum absolute atomic E-state index is 0.199. The van der Waals surface area contributed by atoms with Crippen LogP contribution in [0.25, 0.3) is 0 Å². The van der Waals surface area contributed by atoms with Gasteiger partial charge in [-0.2, -0.15) is 0 Å². The first-order chi connectivity index (χ1) is 11.5. The quantitative estimate of drug-likeness (QED) is 0.859. The number of amides is 1. The molecule has 3 rings (SSSR count). The summed E-state index contributed by atoms with van der Waals surface area (Å²) in [6, 6.07) is 9.01. The Kier molecular flexibility index (Phi) is 4.57. The molecule has 1 aliphatic rings. The normalized spacial score (nSPS) is 18.9. The Hall–Kier alpha value is -2.34. The highest BCUT2D eigenvalue weighted by Crippen LogP contribution is 2.24. The van der Waals surface area contributed by atoms with E-state index in [4.69, 9.17) is 0 Å². The van der Waals surface area contributed by atoms with Crippen LogP contribution in [-0.4, -0.2) is 29.9 Å². The van der Waals surface area contributed by atoms with E-state index < -0.39 is 23.5 Å². The monoisotopic (exact) mass is 334 g/mol. The fraction of sp³-hybridized carbons (Fsp3) is 0.278. The molecule has 2 aromatic carbocycles. The summed E-state index contributed by atoms with van der Waals surface area (Å²) in [7, 11) is 0. The van der Waals surface area contributed by atoms with Crippen molar-refractivity contribution in [3.05, 3.63) is 65.5 Å². The van der Waals surface area contributed by atoms with Gasteiger partial charge in [0.05, 0.1) is 11.7 Å². The van der Waals surface area contributed by atoms with E-state index in [9.17, 15) is 18.0 Å². The van der Waals surface area contributed by atoms with Gasteiger partial charge >= 0.3 is 0 Å². The topological polar surface area (TPSA) is 23.6 Å². The van der Waals surface area contributed by atoms with Gasteiger partial charge in [0, 0.05) is 31.3 Å². The summed E-state index contributed by atoms with van der Waals surface area (Å²) in [5.41, 5.74) is 0.581. The molecular formula is C18H17F3N2O. The molecule has 2 aromatic rings. The molecular weight excluding hydrogens is 317 g/mol. The average Bonchev–Trinajstić information content (AvgIpc) is 2.55. The summed E-state index contributed by atoms with van der Waals surface area (Å²) >= 11 is 0. The summed E-state index contributed by atoms with van der Waals surface area (Å²) < 4.78 is 40.7. The second-order valence-corrected chi connectivity index (χ2v) is 5.82. The summed E-state index contributed by atoms with van der Waals surface area (Å²) in [5, 5.41) is 0. The lowest BCUT2D eigenvalue weighted by molar-refractivity contribution is -0.125. The first-order valence-electron chi connectivity index (χ1n) is 7.71. The smallest absolute Gasteiger partial charge is 0.244 e. The van der Waals surface area contributed by atoms with Crippen LogP contribution < -0.4 is 4.90 Å². The Balaban J connectivity index is 1.76. The van der Waals surface area contributed by atoms with Crippen molar-refractivity contribution in [1.82, 2.24) is 4.90 Å². The molecule has 0 N–H and O–H groups in total. The van der Waals surface area contributed by atoms with Gasteiger partial charge in [-0.1, -0.05) is 18.2 Å². The molecule has 1 unspecified atom stereocenters. The largest absolute Gasteiger partial charge is 0.307 e. The fourth-order valence-corrected chi connectivity index (χ4v) is 2.91. The maximum atomic E-state index is 13.9. The summed E-state index contributed by atoms with van der Waals surface area (Å²) in [6.45, 7) is 2.69. The van der Waals surface area contributed by atoms with Crippen LogP contribution in [0.4, 0.5) is 18.9 Å². The molecule has 0 aromatic heterocycles. The van der Waals surface area contributed by atoms with Gasteiger partial charge in [0.25, 0.3) is 0 Å². The third-order valence-electron chi connectivity index (χ3n) is 4.31. The van der Waals surface area contributed by atoms with Gasteiger partial charge in [-0.25, -0.2) is 13.2 Å². The van der Waals surface area contributed by atoms with Crippen molar-refractivity contribution in [3.63, 3.8) is 0 Å². The Morgan fingerprint density at radius 2 is 1.79 bits per heavy atom. The van der Waals surface area contributed by atoms with E-state index in [1.54, 1.807) is 30.0 Å². The van der Waals surface area contributed by atoms with E-state index in [0.717, 1.165) is 6.07 Å². The number of benzene rings is 2. The van der Waals surface area contributed by atoms with Gasteiger partial charge in [0.2, 0.25) is 5.91 Å². The molecule has 3 nitrogen and oxygen atoms in total. The standard InChI is InChI=1S/C18H17F3N2O/c1-12-18(24)23(17-5-3-2-4-15(17)20)9-8-22(12)11-13-6-7-14(19)10-16(13)21/h2-7,10,12H,8-9,11H2,1H3. The number of hydrogen-bond acceptors (Lipinski definition) is 2.